The summed E-state index contributed by atoms with van der Waals surface area (Å²) in [5, 5.41) is 0.645. The molecule has 0 amide bonds. The van der Waals surface area contributed by atoms with Crippen LogP contribution in [0.4, 0.5) is 13.2 Å². The second-order valence-corrected chi connectivity index (χ2v) is 6.44. The number of pyridine rings is 1. The number of hydrogen-bond donors (Lipinski definition) is 0. The molecule has 4 nitrogen and oxygen atoms in total. The van der Waals surface area contributed by atoms with Gasteiger partial charge < -0.3 is 4.18 Å². The van der Waals surface area contributed by atoms with Crippen molar-refractivity contribution in [2.75, 3.05) is 0 Å². The number of rotatable bonds is 3. The third kappa shape index (κ3) is 3.18. The van der Waals surface area contributed by atoms with Crippen LogP contribution in [0, 0.1) is 0 Å². The molecule has 0 saturated heterocycles. The molecule has 0 aliphatic carbocycles. The summed E-state index contributed by atoms with van der Waals surface area (Å²) in [7, 11) is -5.71. The molecular formula is C16H10F3NO3S. The van der Waals surface area contributed by atoms with Crippen LogP contribution in [0.1, 0.15) is 0 Å². The topological polar surface area (TPSA) is 56.3 Å². The highest BCUT2D eigenvalue weighted by atomic mass is 32.2. The average molecular weight is 353 g/mol. The predicted octanol–water partition coefficient (Wildman–Crippen LogP) is 4.13. The Morgan fingerprint density at radius 3 is 2.25 bits per heavy atom. The fourth-order valence-corrected chi connectivity index (χ4v) is 2.54. The van der Waals surface area contributed by atoms with Crippen molar-refractivity contribution in [1.82, 2.24) is 4.98 Å². The van der Waals surface area contributed by atoms with Gasteiger partial charge in [-0.3, -0.25) is 0 Å². The number of nitrogens with zero attached hydrogens (tertiary/aromatic N) is 1. The number of alkyl halides is 3. The summed E-state index contributed by atoms with van der Waals surface area (Å²) < 4.78 is 63.5. The van der Waals surface area contributed by atoms with Gasteiger partial charge in [0.05, 0.1) is 11.2 Å². The molecule has 0 radical (unpaired) electrons. The largest absolute Gasteiger partial charge is 0.534 e. The minimum absolute atomic E-state index is 0.325. The Labute approximate surface area is 135 Å². The van der Waals surface area contributed by atoms with Gasteiger partial charge in [0.2, 0.25) is 0 Å². The van der Waals surface area contributed by atoms with Gasteiger partial charge >= 0.3 is 15.6 Å². The smallest absolute Gasteiger partial charge is 0.376 e. The zero-order chi connectivity index (χ0) is 17.4. The van der Waals surface area contributed by atoms with Gasteiger partial charge in [0.25, 0.3) is 0 Å². The summed E-state index contributed by atoms with van der Waals surface area (Å²) in [4.78, 5) is 4.34. The van der Waals surface area contributed by atoms with Crippen LogP contribution in [0.5, 0.6) is 5.75 Å². The van der Waals surface area contributed by atoms with E-state index in [1.807, 2.05) is 30.3 Å². The third-order valence-corrected chi connectivity index (χ3v) is 4.20. The minimum atomic E-state index is -5.71. The lowest BCUT2D eigenvalue weighted by Crippen LogP contribution is -2.28. The van der Waals surface area contributed by atoms with Crippen LogP contribution in [0.2, 0.25) is 0 Å². The zero-order valence-corrected chi connectivity index (χ0v) is 12.8. The van der Waals surface area contributed by atoms with E-state index < -0.39 is 21.4 Å². The maximum atomic E-state index is 12.4. The van der Waals surface area contributed by atoms with E-state index in [0.29, 0.717) is 16.6 Å². The molecule has 0 atom stereocenters. The summed E-state index contributed by atoms with van der Waals surface area (Å²) in [5.41, 5.74) is -3.72. The minimum Gasteiger partial charge on any atom is -0.376 e. The molecule has 2 aromatic carbocycles. The van der Waals surface area contributed by atoms with Crippen molar-refractivity contribution in [3.8, 4) is 17.0 Å². The van der Waals surface area contributed by atoms with E-state index in [4.69, 9.17) is 0 Å². The first-order valence-electron chi connectivity index (χ1n) is 6.73. The van der Waals surface area contributed by atoms with Crippen LogP contribution in [-0.2, 0) is 10.1 Å². The Morgan fingerprint density at radius 1 is 0.917 bits per heavy atom. The van der Waals surface area contributed by atoms with Gasteiger partial charge in [0.1, 0.15) is 5.75 Å². The second-order valence-electron chi connectivity index (χ2n) is 4.90. The number of hydrogen-bond acceptors (Lipinski definition) is 4. The Bertz CT molecular complexity index is 986. The van der Waals surface area contributed by atoms with Crippen LogP contribution >= 0.6 is 0 Å². The lowest BCUT2D eigenvalue weighted by molar-refractivity contribution is -0.0500. The van der Waals surface area contributed by atoms with Crippen molar-refractivity contribution < 1.29 is 25.8 Å². The zero-order valence-electron chi connectivity index (χ0n) is 12.0. The van der Waals surface area contributed by atoms with E-state index in [1.54, 1.807) is 12.1 Å². The Morgan fingerprint density at radius 2 is 1.58 bits per heavy atom. The summed E-state index contributed by atoms with van der Waals surface area (Å²) in [6.07, 6.45) is 0. The summed E-state index contributed by atoms with van der Waals surface area (Å²) >= 11 is 0. The standard InChI is InChI=1S/C16H10F3NO3S/c17-16(18,19)24(21,22)23-13-8-6-12-7-9-14(20-15(12)10-13)11-4-2-1-3-5-11/h1-10H. The van der Waals surface area contributed by atoms with Gasteiger partial charge in [-0.05, 0) is 18.2 Å². The normalized spacial score (nSPS) is 12.3. The molecule has 0 aliphatic heterocycles. The summed E-state index contributed by atoms with van der Waals surface area (Å²) in [6, 6.07) is 16.4. The van der Waals surface area contributed by atoms with E-state index in [2.05, 4.69) is 9.17 Å². The third-order valence-electron chi connectivity index (χ3n) is 3.22. The molecule has 0 N–H and O–H groups in total. The van der Waals surface area contributed by atoms with Gasteiger partial charge in [-0.15, -0.1) is 0 Å². The predicted molar refractivity (Wildman–Crippen MR) is 82.8 cm³/mol. The van der Waals surface area contributed by atoms with E-state index in [-0.39, 0.29) is 0 Å². The number of aromatic nitrogens is 1. The molecule has 1 heterocycles. The molecule has 0 fully saturated rings. The van der Waals surface area contributed by atoms with Crippen molar-refractivity contribution in [2.45, 2.75) is 5.51 Å². The Kier molecular flexibility index (Phi) is 3.92. The van der Waals surface area contributed by atoms with Crippen molar-refractivity contribution in [3.05, 3.63) is 60.7 Å². The van der Waals surface area contributed by atoms with Crippen molar-refractivity contribution >= 4 is 21.0 Å². The molecule has 0 unspecified atom stereocenters. The number of benzene rings is 2. The van der Waals surface area contributed by atoms with Gasteiger partial charge in [-0.1, -0.05) is 36.4 Å². The molecule has 3 aromatic rings. The van der Waals surface area contributed by atoms with Gasteiger partial charge in [-0.25, -0.2) is 4.98 Å². The van der Waals surface area contributed by atoms with Crippen LogP contribution < -0.4 is 4.18 Å². The van der Waals surface area contributed by atoms with E-state index in [9.17, 15) is 21.6 Å². The van der Waals surface area contributed by atoms with Gasteiger partial charge in [0.15, 0.2) is 0 Å². The molecule has 0 spiro atoms. The van der Waals surface area contributed by atoms with Crippen molar-refractivity contribution in [3.63, 3.8) is 0 Å². The average Bonchev–Trinajstić information content (AvgIpc) is 2.53. The lowest BCUT2D eigenvalue weighted by Gasteiger charge is -2.10. The lowest BCUT2D eigenvalue weighted by atomic mass is 10.1. The van der Waals surface area contributed by atoms with Crippen molar-refractivity contribution in [2.24, 2.45) is 0 Å². The van der Waals surface area contributed by atoms with Crippen LogP contribution in [-0.4, -0.2) is 18.9 Å². The molecule has 3 rings (SSSR count). The van der Waals surface area contributed by atoms with Crippen LogP contribution in [0.15, 0.2) is 60.7 Å². The molecule has 124 valence electrons. The molecule has 8 heteroatoms. The van der Waals surface area contributed by atoms with Crippen molar-refractivity contribution in [1.29, 1.82) is 0 Å². The molecule has 0 aliphatic rings. The van der Waals surface area contributed by atoms with E-state index >= 15 is 0 Å². The highest BCUT2D eigenvalue weighted by molar-refractivity contribution is 7.88. The van der Waals surface area contributed by atoms with Crippen LogP contribution in [0.3, 0.4) is 0 Å². The monoisotopic (exact) mass is 353 g/mol. The van der Waals surface area contributed by atoms with Crippen LogP contribution in [0.25, 0.3) is 22.2 Å². The van der Waals surface area contributed by atoms with E-state index in [1.165, 1.54) is 6.07 Å². The maximum Gasteiger partial charge on any atom is 0.534 e. The van der Waals surface area contributed by atoms with Gasteiger partial charge in [-0.2, -0.15) is 21.6 Å². The molecule has 0 saturated carbocycles. The quantitative estimate of drug-likeness (QED) is 0.525. The second kappa shape index (κ2) is 5.79. The Hall–Kier alpha value is -2.61. The molecular weight excluding hydrogens is 343 g/mol. The molecule has 24 heavy (non-hydrogen) atoms. The maximum absolute atomic E-state index is 12.4. The fourth-order valence-electron chi connectivity index (χ4n) is 2.09. The summed E-state index contributed by atoms with van der Waals surface area (Å²) in [5.74, 6) is -0.447. The summed E-state index contributed by atoms with van der Waals surface area (Å²) in [6.45, 7) is 0. The highest BCUT2D eigenvalue weighted by Crippen LogP contribution is 2.29. The number of fused-ring (bicyclic) bond motifs is 1. The SMILES string of the molecule is O=S(=O)(Oc1ccc2ccc(-c3ccccc3)nc2c1)C(F)(F)F. The highest BCUT2D eigenvalue weighted by Gasteiger charge is 2.48. The fraction of sp³-hybridized carbons (Fsp3) is 0.0625. The van der Waals surface area contributed by atoms with E-state index in [0.717, 1.165) is 17.7 Å². The first-order valence-corrected chi connectivity index (χ1v) is 8.14. The Balaban J connectivity index is 2.01. The first kappa shape index (κ1) is 16.3. The molecule has 0 bridgehead atoms. The number of halogens is 3. The van der Waals surface area contributed by atoms with Gasteiger partial charge in [0, 0.05) is 17.0 Å². The molecule has 1 aromatic heterocycles. The first-order chi connectivity index (χ1) is 11.3.